The van der Waals surface area contributed by atoms with E-state index in [1.54, 1.807) is 42.5 Å². The normalized spacial score (nSPS) is 11.8. The first-order valence-electron chi connectivity index (χ1n) is 9.10. The first kappa shape index (κ1) is 22.1. The van der Waals surface area contributed by atoms with Crippen LogP contribution in [0.1, 0.15) is 10.4 Å². The van der Waals surface area contributed by atoms with E-state index < -0.39 is 37.0 Å². The topological polar surface area (TPSA) is 132 Å². The van der Waals surface area contributed by atoms with E-state index in [4.69, 9.17) is 14.2 Å². The summed E-state index contributed by atoms with van der Waals surface area (Å²) in [5.41, 5.74) is 0.748. The Hall–Kier alpha value is -3.60. The summed E-state index contributed by atoms with van der Waals surface area (Å²) in [6.45, 7) is -0.265. The molecule has 0 radical (unpaired) electrons. The minimum atomic E-state index is -0.832. The van der Waals surface area contributed by atoms with Crippen LogP contribution >= 0.6 is 15.9 Å². The SMILES string of the molecule is O=C(COC(=O)CNC(=O)c1cccc(Br)c1)NC(=O)Nc1ccc2c(c1)OCCO2. The molecule has 0 saturated heterocycles. The predicted octanol–water partition coefficient (Wildman–Crippen LogP) is 1.84. The van der Waals surface area contributed by atoms with Gasteiger partial charge in [0, 0.05) is 21.8 Å². The number of fused-ring (bicyclic) bond motifs is 1. The summed E-state index contributed by atoms with van der Waals surface area (Å²) in [6, 6.07) is 10.6. The van der Waals surface area contributed by atoms with Gasteiger partial charge in [0.05, 0.1) is 0 Å². The molecule has 3 rings (SSSR count). The molecule has 0 unspecified atom stereocenters. The average Bonchev–Trinajstić information content (AvgIpc) is 2.75. The van der Waals surface area contributed by atoms with Crippen molar-refractivity contribution in [2.45, 2.75) is 0 Å². The fourth-order valence-corrected chi connectivity index (χ4v) is 2.93. The Bertz CT molecular complexity index is 1010. The third-order valence-electron chi connectivity index (χ3n) is 3.90. The molecule has 2 aromatic carbocycles. The number of carbonyl (C=O) groups excluding carboxylic acids is 4. The minimum Gasteiger partial charge on any atom is -0.486 e. The molecule has 0 saturated carbocycles. The Kier molecular flexibility index (Phi) is 7.44. The molecule has 3 N–H and O–H groups in total. The Morgan fingerprint density at radius 1 is 1.00 bits per heavy atom. The number of urea groups is 1. The van der Waals surface area contributed by atoms with Crippen LogP contribution in [0.4, 0.5) is 10.5 Å². The van der Waals surface area contributed by atoms with Gasteiger partial charge in [-0.2, -0.15) is 0 Å². The highest BCUT2D eigenvalue weighted by Crippen LogP contribution is 2.32. The molecule has 10 nitrogen and oxygen atoms in total. The van der Waals surface area contributed by atoms with Crippen molar-refractivity contribution in [3.05, 3.63) is 52.5 Å². The van der Waals surface area contributed by atoms with Crippen LogP contribution in [-0.4, -0.2) is 50.2 Å². The van der Waals surface area contributed by atoms with Crippen molar-refractivity contribution in [1.82, 2.24) is 10.6 Å². The number of rotatable bonds is 6. The smallest absolute Gasteiger partial charge is 0.325 e. The maximum Gasteiger partial charge on any atom is 0.325 e. The summed E-state index contributed by atoms with van der Waals surface area (Å²) in [5.74, 6) is -1.09. The van der Waals surface area contributed by atoms with Gasteiger partial charge in [0.25, 0.3) is 11.8 Å². The third-order valence-corrected chi connectivity index (χ3v) is 4.39. The van der Waals surface area contributed by atoms with Crippen molar-refractivity contribution in [2.75, 3.05) is 31.7 Å². The van der Waals surface area contributed by atoms with Crippen LogP contribution in [0.5, 0.6) is 11.5 Å². The monoisotopic (exact) mass is 491 g/mol. The molecule has 11 heteroatoms. The van der Waals surface area contributed by atoms with E-state index in [1.165, 1.54) is 0 Å². The second kappa shape index (κ2) is 10.4. The molecule has 0 atom stereocenters. The number of benzene rings is 2. The molecule has 0 spiro atoms. The number of anilines is 1. The summed E-state index contributed by atoms with van der Waals surface area (Å²) >= 11 is 3.25. The lowest BCUT2D eigenvalue weighted by atomic mass is 10.2. The number of nitrogens with one attached hydrogen (secondary N) is 3. The molecule has 0 fully saturated rings. The fraction of sp³-hybridized carbons (Fsp3) is 0.200. The quantitative estimate of drug-likeness (QED) is 0.525. The van der Waals surface area contributed by atoms with Gasteiger partial charge < -0.3 is 24.8 Å². The molecule has 0 bridgehead atoms. The number of hydrogen-bond donors (Lipinski definition) is 3. The zero-order valence-electron chi connectivity index (χ0n) is 16.1. The van der Waals surface area contributed by atoms with Crippen LogP contribution in [0.25, 0.3) is 0 Å². The van der Waals surface area contributed by atoms with E-state index in [1.807, 2.05) is 5.32 Å². The van der Waals surface area contributed by atoms with Crippen molar-refractivity contribution < 1.29 is 33.4 Å². The molecule has 0 aliphatic carbocycles. The maximum absolute atomic E-state index is 12.0. The van der Waals surface area contributed by atoms with E-state index >= 15 is 0 Å². The van der Waals surface area contributed by atoms with Crippen LogP contribution in [-0.2, 0) is 14.3 Å². The zero-order valence-corrected chi connectivity index (χ0v) is 17.7. The molecule has 0 aromatic heterocycles. The number of hydrogen-bond acceptors (Lipinski definition) is 7. The number of amides is 4. The van der Waals surface area contributed by atoms with Crippen molar-refractivity contribution in [3.63, 3.8) is 0 Å². The van der Waals surface area contributed by atoms with E-state index in [-0.39, 0.29) is 0 Å². The summed E-state index contributed by atoms with van der Waals surface area (Å²) in [4.78, 5) is 47.4. The molecule has 1 aliphatic heterocycles. The van der Waals surface area contributed by atoms with Crippen LogP contribution < -0.4 is 25.4 Å². The summed E-state index contributed by atoms with van der Waals surface area (Å²) in [6.07, 6.45) is 0. The molecule has 1 heterocycles. The van der Waals surface area contributed by atoms with Crippen molar-refractivity contribution in [2.24, 2.45) is 0 Å². The highest BCUT2D eigenvalue weighted by Gasteiger charge is 2.15. The molecule has 2 aromatic rings. The van der Waals surface area contributed by atoms with Crippen molar-refractivity contribution in [3.8, 4) is 11.5 Å². The van der Waals surface area contributed by atoms with Crippen molar-refractivity contribution in [1.29, 1.82) is 0 Å². The average molecular weight is 492 g/mol. The van der Waals surface area contributed by atoms with Gasteiger partial charge in [-0.1, -0.05) is 22.0 Å². The van der Waals surface area contributed by atoms with Gasteiger partial charge in [0.1, 0.15) is 19.8 Å². The Morgan fingerprint density at radius 2 is 1.77 bits per heavy atom. The van der Waals surface area contributed by atoms with Crippen LogP contribution in [0.3, 0.4) is 0 Å². The summed E-state index contributed by atoms with van der Waals surface area (Å²) < 4.78 is 16.3. The minimum absolute atomic E-state index is 0.357. The van der Waals surface area contributed by atoms with E-state index in [2.05, 4.69) is 26.6 Å². The van der Waals surface area contributed by atoms with Crippen LogP contribution in [0.2, 0.25) is 0 Å². The van der Waals surface area contributed by atoms with Gasteiger partial charge in [0.15, 0.2) is 18.1 Å². The lowest BCUT2D eigenvalue weighted by Gasteiger charge is -2.19. The number of carbonyl (C=O) groups is 4. The van der Waals surface area contributed by atoms with E-state index in [9.17, 15) is 19.2 Å². The second-order valence-corrected chi connectivity index (χ2v) is 7.13. The summed E-state index contributed by atoms with van der Waals surface area (Å²) in [5, 5.41) is 6.88. The first-order valence-corrected chi connectivity index (χ1v) is 9.90. The fourth-order valence-electron chi connectivity index (χ4n) is 2.53. The highest BCUT2D eigenvalue weighted by atomic mass is 79.9. The van der Waals surface area contributed by atoms with Gasteiger partial charge in [-0.15, -0.1) is 0 Å². The van der Waals surface area contributed by atoms with Crippen LogP contribution in [0.15, 0.2) is 46.9 Å². The van der Waals surface area contributed by atoms with Gasteiger partial charge in [-0.25, -0.2) is 4.79 Å². The number of halogens is 1. The van der Waals surface area contributed by atoms with Gasteiger partial charge in [0.2, 0.25) is 0 Å². The molecule has 1 aliphatic rings. The standard InChI is InChI=1S/C20H18BrN3O7/c21-13-3-1-2-12(8-13)19(27)22-10-18(26)31-11-17(25)24-20(28)23-14-4-5-15-16(9-14)30-7-6-29-15/h1-5,8-9H,6-7,10-11H2,(H,22,27)(H2,23,24,25,28). The van der Waals surface area contributed by atoms with Gasteiger partial charge in [-0.05, 0) is 30.3 Å². The number of ether oxygens (including phenoxy) is 3. The van der Waals surface area contributed by atoms with Crippen molar-refractivity contribution >= 4 is 45.4 Å². The molecule has 31 heavy (non-hydrogen) atoms. The van der Waals surface area contributed by atoms with E-state index in [0.717, 1.165) is 0 Å². The Labute approximate surface area is 185 Å². The largest absolute Gasteiger partial charge is 0.486 e. The molecule has 4 amide bonds. The summed E-state index contributed by atoms with van der Waals surface area (Å²) in [7, 11) is 0. The lowest BCUT2D eigenvalue weighted by molar-refractivity contribution is -0.147. The maximum atomic E-state index is 12.0. The number of esters is 1. The second-order valence-electron chi connectivity index (χ2n) is 6.21. The van der Waals surface area contributed by atoms with Gasteiger partial charge >= 0.3 is 12.0 Å². The highest BCUT2D eigenvalue weighted by molar-refractivity contribution is 9.10. The molecule has 162 valence electrons. The third kappa shape index (κ3) is 6.71. The van der Waals surface area contributed by atoms with Gasteiger partial charge in [-0.3, -0.25) is 19.7 Å². The molecular weight excluding hydrogens is 474 g/mol. The Morgan fingerprint density at radius 3 is 2.55 bits per heavy atom. The predicted molar refractivity (Wildman–Crippen MR) is 112 cm³/mol. The van der Waals surface area contributed by atoms with E-state index in [0.29, 0.717) is 40.4 Å². The Balaban J connectivity index is 1.37. The van der Waals surface area contributed by atoms with Crippen LogP contribution in [0, 0.1) is 0 Å². The molecular formula is C20H18BrN3O7. The zero-order chi connectivity index (χ0) is 22.2. The first-order chi connectivity index (χ1) is 14.9. The number of imide groups is 1. The lowest BCUT2D eigenvalue weighted by Crippen LogP contribution is -2.38.